The maximum absolute atomic E-state index is 13.8. The topological polar surface area (TPSA) is 92.9 Å². The van der Waals surface area contributed by atoms with E-state index in [1.807, 2.05) is 0 Å². The fraction of sp³-hybridized carbons (Fsp3) is 0.417. The lowest BCUT2D eigenvalue weighted by Crippen LogP contribution is -2.37. The summed E-state index contributed by atoms with van der Waals surface area (Å²) in [6, 6.07) is 3.54. The molecule has 1 aromatic carbocycles. The molecule has 0 bridgehead atoms. The normalized spacial score (nSPS) is 13.4. The van der Waals surface area contributed by atoms with Crippen molar-refractivity contribution in [3.8, 4) is 0 Å². The van der Waals surface area contributed by atoms with Crippen LogP contribution in [-0.4, -0.2) is 56.2 Å². The van der Waals surface area contributed by atoms with Gasteiger partial charge in [-0.3, -0.25) is 0 Å². The summed E-state index contributed by atoms with van der Waals surface area (Å²) in [4.78, 5) is -0.681. The molecular weight excluding hydrogens is 319 g/mol. The molecule has 0 aliphatic carbocycles. The number of rotatable bonds is 7. The smallest absolute Gasteiger partial charge is 0.243 e. The molecule has 6 nitrogen and oxygen atoms in total. The molecule has 1 unspecified atom stereocenters. The predicted octanol–water partition coefficient (Wildman–Crippen LogP) is 0.0877. The Morgan fingerprint density at radius 3 is 2.71 bits per heavy atom. The first-order valence-electron chi connectivity index (χ1n) is 5.93. The second-order valence-corrected chi connectivity index (χ2v) is 6.83. The minimum Gasteiger partial charge on any atom is -0.389 e. The van der Waals surface area contributed by atoms with Crippen LogP contribution < -0.4 is 5.73 Å². The van der Waals surface area contributed by atoms with Crippen molar-refractivity contribution in [1.82, 2.24) is 4.31 Å². The van der Waals surface area contributed by atoms with Crippen LogP contribution in [0.15, 0.2) is 23.1 Å². The fourth-order valence-electron chi connectivity index (χ4n) is 1.77. The van der Waals surface area contributed by atoms with Crippen LogP contribution in [0.4, 0.5) is 4.39 Å². The Morgan fingerprint density at radius 1 is 1.57 bits per heavy atom. The van der Waals surface area contributed by atoms with Crippen LogP contribution in [0, 0.1) is 5.82 Å². The van der Waals surface area contributed by atoms with Crippen LogP contribution in [0.2, 0.25) is 0 Å². The highest BCUT2D eigenvalue weighted by atomic mass is 32.2. The summed E-state index contributed by atoms with van der Waals surface area (Å²) in [6.07, 6.45) is -1.00. The number of likely N-dealkylation sites (N-methyl/N-ethyl adjacent to an activating group) is 1. The molecule has 0 heterocycles. The number of hydrogen-bond donors (Lipinski definition) is 2. The zero-order valence-electron chi connectivity index (χ0n) is 11.6. The van der Waals surface area contributed by atoms with Gasteiger partial charge in [-0.2, -0.15) is 4.31 Å². The molecule has 0 aromatic heterocycles. The van der Waals surface area contributed by atoms with Gasteiger partial charge in [0.2, 0.25) is 10.0 Å². The number of benzene rings is 1. The Morgan fingerprint density at radius 2 is 2.19 bits per heavy atom. The molecule has 0 radical (unpaired) electrons. The van der Waals surface area contributed by atoms with Crippen LogP contribution in [0.3, 0.4) is 0 Å². The summed E-state index contributed by atoms with van der Waals surface area (Å²) >= 11 is 4.71. The lowest BCUT2D eigenvalue weighted by Gasteiger charge is -2.21. The summed E-state index contributed by atoms with van der Waals surface area (Å²) in [5.41, 5.74) is 5.07. The molecule has 118 valence electrons. The minimum atomic E-state index is -4.04. The number of hydrogen-bond acceptors (Lipinski definition) is 5. The van der Waals surface area contributed by atoms with Gasteiger partial charge in [-0.15, -0.1) is 0 Å². The molecule has 1 rings (SSSR count). The molecule has 0 saturated carbocycles. The van der Waals surface area contributed by atoms with Crippen molar-refractivity contribution in [2.24, 2.45) is 5.73 Å². The van der Waals surface area contributed by atoms with Gasteiger partial charge in [-0.05, 0) is 12.1 Å². The van der Waals surface area contributed by atoms with E-state index >= 15 is 0 Å². The van der Waals surface area contributed by atoms with Gasteiger partial charge in [0, 0.05) is 20.7 Å². The van der Waals surface area contributed by atoms with Crippen molar-refractivity contribution in [2.75, 3.05) is 27.3 Å². The third kappa shape index (κ3) is 4.17. The summed E-state index contributed by atoms with van der Waals surface area (Å²) in [5, 5.41) is 9.61. The first-order chi connectivity index (χ1) is 9.71. The van der Waals surface area contributed by atoms with E-state index in [9.17, 15) is 17.9 Å². The van der Waals surface area contributed by atoms with Gasteiger partial charge in [0.05, 0.1) is 23.2 Å². The first kappa shape index (κ1) is 17.9. The molecule has 0 amide bonds. The summed E-state index contributed by atoms with van der Waals surface area (Å²) < 4.78 is 44.3. The van der Waals surface area contributed by atoms with E-state index in [-0.39, 0.29) is 28.6 Å². The molecule has 0 saturated heterocycles. The number of nitrogens with two attached hydrogens (primary N) is 1. The third-order valence-corrected chi connectivity index (χ3v) is 4.81. The molecule has 0 spiro atoms. The lowest BCUT2D eigenvalue weighted by molar-refractivity contribution is 0.0554. The number of aliphatic hydroxyl groups is 1. The van der Waals surface area contributed by atoms with Crippen LogP contribution in [0.1, 0.15) is 5.56 Å². The van der Waals surface area contributed by atoms with Crippen LogP contribution in [0.5, 0.6) is 0 Å². The quantitative estimate of drug-likeness (QED) is 0.686. The Labute approximate surface area is 128 Å². The standard InChI is InChI=1S/C12H17FN2O4S2/c1-15(6-8(16)7-19-2)21(17,18)10-5-3-4-9(13)11(10)12(14)20/h3-5,8,16H,6-7H2,1-2H3,(H2,14,20). The maximum Gasteiger partial charge on any atom is 0.243 e. The van der Waals surface area contributed by atoms with Gasteiger partial charge in [0.25, 0.3) is 0 Å². The van der Waals surface area contributed by atoms with E-state index in [0.29, 0.717) is 0 Å². The largest absolute Gasteiger partial charge is 0.389 e. The zero-order chi connectivity index (χ0) is 16.2. The minimum absolute atomic E-state index is 0.0226. The highest BCUT2D eigenvalue weighted by Gasteiger charge is 2.28. The molecule has 21 heavy (non-hydrogen) atoms. The van der Waals surface area contributed by atoms with E-state index < -0.39 is 21.9 Å². The van der Waals surface area contributed by atoms with E-state index in [0.717, 1.165) is 10.4 Å². The number of nitrogens with zero attached hydrogens (tertiary/aromatic N) is 1. The summed E-state index contributed by atoms with van der Waals surface area (Å²) in [7, 11) is -1.39. The van der Waals surface area contributed by atoms with Gasteiger partial charge in [-0.1, -0.05) is 18.3 Å². The molecule has 0 aliphatic rings. The zero-order valence-corrected chi connectivity index (χ0v) is 13.2. The number of methoxy groups -OCH3 is 1. The Hall–Kier alpha value is -1.13. The van der Waals surface area contributed by atoms with Crippen LogP contribution in [0.25, 0.3) is 0 Å². The van der Waals surface area contributed by atoms with Crippen molar-refractivity contribution >= 4 is 27.2 Å². The second-order valence-electron chi connectivity index (χ2n) is 4.37. The van der Waals surface area contributed by atoms with E-state index in [4.69, 9.17) is 22.7 Å². The highest BCUT2D eigenvalue weighted by molar-refractivity contribution is 7.89. The van der Waals surface area contributed by atoms with E-state index in [1.54, 1.807) is 0 Å². The van der Waals surface area contributed by atoms with Crippen molar-refractivity contribution in [2.45, 2.75) is 11.0 Å². The summed E-state index contributed by atoms with van der Waals surface area (Å²) in [5.74, 6) is -0.811. The maximum atomic E-state index is 13.8. The van der Waals surface area contributed by atoms with Gasteiger partial charge in [0.15, 0.2) is 0 Å². The number of sulfonamides is 1. The van der Waals surface area contributed by atoms with Crippen LogP contribution >= 0.6 is 12.2 Å². The Bertz CT molecular complexity index is 622. The molecule has 0 fully saturated rings. The number of ether oxygens (including phenoxy) is 1. The van der Waals surface area contributed by atoms with Crippen molar-refractivity contribution in [1.29, 1.82) is 0 Å². The first-order valence-corrected chi connectivity index (χ1v) is 7.78. The van der Waals surface area contributed by atoms with Crippen LogP contribution in [-0.2, 0) is 14.8 Å². The second kappa shape index (κ2) is 7.23. The van der Waals surface area contributed by atoms with E-state index in [2.05, 4.69) is 0 Å². The van der Waals surface area contributed by atoms with Crippen molar-refractivity contribution in [3.05, 3.63) is 29.6 Å². The van der Waals surface area contributed by atoms with Gasteiger partial charge in [-0.25, -0.2) is 12.8 Å². The van der Waals surface area contributed by atoms with Gasteiger partial charge < -0.3 is 15.6 Å². The fourth-order valence-corrected chi connectivity index (χ4v) is 3.46. The van der Waals surface area contributed by atoms with Crippen molar-refractivity contribution < 1.29 is 22.7 Å². The lowest BCUT2D eigenvalue weighted by atomic mass is 10.2. The number of halogens is 1. The third-order valence-electron chi connectivity index (χ3n) is 2.74. The number of thiocarbonyl (C=S) groups is 1. The molecule has 3 N–H and O–H groups in total. The average molecular weight is 336 g/mol. The molecule has 9 heteroatoms. The molecular formula is C12H17FN2O4S2. The van der Waals surface area contributed by atoms with E-state index in [1.165, 1.54) is 26.3 Å². The molecule has 0 aliphatic heterocycles. The SMILES string of the molecule is COCC(O)CN(C)S(=O)(=O)c1cccc(F)c1C(N)=S. The number of aliphatic hydroxyl groups excluding tert-OH is 1. The predicted molar refractivity (Wildman–Crippen MR) is 80.0 cm³/mol. The molecule has 1 aromatic rings. The highest BCUT2D eigenvalue weighted by Crippen LogP contribution is 2.22. The van der Waals surface area contributed by atoms with Gasteiger partial charge in [0.1, 0.15) is 10.8 Å². The monoisotopic (exact) mass is 336 g/mol. The van der Waals surface area contributed by atoms with Gasteiger partial charge >= 0.3 is 0 Å². The molecule has 1 atom stereocenters. The Balaban J connectivity index is 3.20. The Kier molecular flexibility index (Phi) is 6.17. The summed E-state index contributed by atoms with van der Waals surface area (Å²) in [6.45, 7) is -0.228. The van der Waals surface area contributed by atoms with Crippen molar-refractivity contribution in [3.63, 3.8) is 0 Å². The average Bonchev–Trinajstić information content (AvgIpc) is 2.37.